The maximum absolute atomic E-state index is 9.68. The molecular weight excluding hydrogens is 218 g/mol. The molecule has 1 saturated heterocycles. The SMILES string of the molecule is CC(O)c1cc(NC2CNCC2O)ccc1N. The summed E-state index contributed by atoms with van der Waals surface area (Å²) in [4.78, 5) is 0. The maximum atomic E-state index is 9.68. The van der Waals surface area contributed by atoms with Crippen LogP contribution in [0.4, 0.5) is 11.4 Å². The highest BCUT2D eigenvalue weighted by atomic mass is 16.3. The molecule has 94 valence electrons. The van der Waals surface area contributed by atoms with Crippen molar-refractivity contribution in [3.8, 4) is 0 Å². The lowest BCUT2D eigenvalue weighted by atomic mass is 10.1. The van der Waals surface area contributed by atoms with Gasteiger partial charge in [-0.05, 0) is 25.1 Å². The van der Waals surface area contributed by atoms with Gasteiger partial charge in [0.25, 0.3) is 0 Å². The van der Waals surface area contributed by atoms with Crippen molar-refractivity contribution in [1.82, 2.24) is 5.32 Å². The average Bonchev–Trinajstić information content (AvgIpc) is 2.67. The summed E-state index contributed by atoms with van der Waals surface area (Å²) < 4.78 is 0. The molecular formula is C12H19N3O2. The summed E-state index contributed by atoms with van der Waals surface area (Å²) in [5.41, 5.74) is 7.92. The van der Waals surface area contributed by atoms with E-state index in [0.29, 0.717) is 17.8 Å². The van der Waals surface area contributed by atoms with E-state index in [1.165, 1.54) is 0 Å². The molecule has 3 unspecified atom stereocenters. The molecule has 5 heteroatoms. The minimum Gasteiger partial charge on any atom is -0.398 e. The van der Waals surface area contributed by atoms with Gasteiger partial charge in [-0.25, -0.2) is 0 Å². The molecule has 0 aliphatic carbocycles. The number of rotatable bonds is 3. The van der Waals surface area contributed by atoms with Gasteiger partial charge < -0.3 is 26.6 Å². The molecule has 2 rings (SSSR count). The third-order valence-electron chi connectivity index (χ3n) is 3.07. The minimum absolute atomic E-state index is 0.000438. The van der Waals surface area contributed by atoms with E-state index in [0.717, 1.165) is 12.2 Å². The van der Waals surface area contributed by atoms with E-state index in [1.807, 2.05) is 12.1 Å². The van der Waals surface area contributed by atoms with Gasteiger partial charge in [0.2, 0.25) is 0 Å². The van der Waals surface area contributed by atoms with Crippen LogP contribution in [0.2, 0.25) is 0 Å². The number of aliphatic hydroxyl groups excluding tert-OH is 2. The number of benzene rings is 1. The zero-order chi connectivity index (χ0) is 12.4. The molecule has 5 nitrogen and oxygen atoms in total. The summed E-state index contributed by atoms with van der Waals surface area (Å²) in [7, 11) is 0. The highest BCUT2D eigenvalue weighted by Crippen LogP contribution is 2.24. The predicted molar refractivity (Wildman–Crippen MR) is 67.8 cm³/mol. The highest BCUT2D eigenvalue weighted by molar-refractivity contribution is 5.58. The van der Waals surface area contributed by atoms with E-state index in [4.69, 9.17) is 5.73 Å². The molecule has 1 aliphatic heterocycles. The first-order chi connectivity index (χ1) is 8.08. The van der Waals surface area contributed by atoms with Crippen LogP contribution in [0.5, 0.6) is 0 Å². The maximum Gasteiger partial charge on any atom is 0.0877 e. The zero-order valence-corrected chi connectivity index (χ0v) is 9.85. The molecule has 0 bridgehead atoms. The summed E-state index contributed by atoms with van der Waals surface area (Å²) >= 11 is 0. The molecule has 3 atom stereocenters. The lowest BCUT2D eigenvalue weighted by molar-refractivity contribution is 0.185. The Kier molecular flexibility index (Phi) is 3.51. The van der Waals surface area contributed by atoms with Crippen LogP contribution in [0.15, 0.2) is 18.2 Å². The van der Waals surface area contributed by atoms with Crippen molar-refractivity contribution >= 4 is 11.4 Å². The number of nitrogens with one attached hydrogen (secondary N) is 2. The van der Waals surface area contributed by atoms with Crippen LogP contribution in [0, 0.1) is 0 Å². The number of β-amino-alcohol motifs (C(OH)–C–C–N with tert-alkyl or cyclic N) is 1. The zero-order valence-electron chi connectivity index (χ0n) is 9.85. The predicted octanol–water partition coefficient (Wildman–Crippen LogP) is 0.0667. The summed E-state index contributed by atoms with van der Waals surface area (Å²) in [6.45, 7) is 3.02. The largest absolute Gasteiger partial charge is 0.398 e. The molecule has 0 aromatic heterocycles. The van der Waals surface area contributed by atoms with Crippen LogP contribution in [0.25, 0.3) is 0 Å². The van der Waals surface area contributed by atoms with E-state index >= 15 is 0 Å². The Morgan fingerprint density at radius 3 is 2.82 bits per heavy atom. The Balaban J connectivity index is 2.13. The van der Waals surface area contributed by atoms with Crippen LogP contribution in [-0.4, -0.2) is 35.4 Å². The van der Waals surface area contributed by atoms with E-state index in [1.54, 1.807) is 13.0 Å². The molecule has 1 aromatic carbocycles. The van der Waals surface area contributed by atoms with Crippen molar-refractivity contribution in [3.63, 3.8) is 0 Å². The molecule has 1 heterocycles. The summed E-state index contributed by atoms with van der Waals surface area (Å²) in [6, 6.07) is 5.44. The fourth-order valence-corrected chi connectivity index (χ4v) is 2.05. The Morgan fingerprint density at radius 2 is 2.24 bits per heavy atom. The minimum atomic E-state index is -0.594. The summed E-state index contributed by atoms with van der Waals surface area (Å²) in [6.07, 6.45) is -0.981. The van der Waals surface area contributed by atoms with E-state index in [9.17, 15) is 10.2 Å². The first kappa shape index (κ1) is 12.2. The van der Waals surface area contributed by atoms with Gasteiger partial charge >= 0.3 is 0 Å². The Morgan fingerprint density at radius 1 is 1.47 bits per heavy atom. The number of nitrogens with two attached hydrogens (primary N) is 1. The number of hydrogen-bond acceptors (Lipinski definition) is 5. The van der Waals surface area contributed by atoms with Gasteiger partial charge in [-0.3, -0.25) is 0 Å². The molecule has 1 fully saturated rings. The van der Waals surface area contributed by atoms with E-state index in [-0.39, 0.29) is 12.1 Å². The van der Waals surface area contributed by atoms with Crippen molar-refractivity contribution in [2.45, 2.75) is 25.2 Å². The lowest BCUT2D eigenvalue weighted by Gasteiger charge is -2.18. The molecule has 1 aromatic rings. The standard InChI is InChI=1S/C12H19N3O2/c1-7(16)9-4-8(2-3-10(9)13)15-11-5-14-6-12(11)17/h2-4,7,11-12,14-17H,5-6,13H2,1H3. The van der Waals surface area contributed by atoms with Crippen LogP contribution in [0.1, 0.15) is 18.6 Å². The summed E-state index contributed by atoms with van der Waals surface area (Å²) in [5, 5.41) is 25.6. The number of aliphatic hydroxyl groups is 2. The number of hydrogen-bond donors (Lipinski definition) is 5. The first-order valence-electron chi connectivity index (χ1n) is 5.80. The molecule has 6 N–H and O–H groups in total. The average molecular weight is 237 g/mol. The van der Waals surface area contributed by atoms with Gasteiger partial charge in [0, 0.05) is 30.0 Å². The van der Waals surface area contributed by atoms with Crippen molar-refractivity contribution in [2.75, 3.05) is 24.1 Å². The van der Waals surface area contributed by atoms with E-state index in [2.05, 4.69) is 10.6 Å². The Hall–Kier alpha value is -1.30. The third kappa shape index (κ3) is 2.69. The molecule has 0 radical (unpaired) electrons. The fourth-order valence-electron chi connectivity index (χ4n) is 2.05. The van der Waals surface area contributed by atoms with Gasteiger partial charge in [0.05, 0.1) is 18.2 Å². The topological polar surface area (TPSA) is 90.5 Å². The molecule has 17 heavy (non-hydrogen) atoms. The Labute approximate surface area is 101 Å². The number of anilines is 2. The van der Waals surface area contributed by atoms with Crippen molar-refractivity contribution in [1.29, 1.82) is 0 Å². The lowest BCUT2D eigenvalue weighted by Crippen LogP contribution is -2.31. The molecule has 1 aliphatic rings. The fraction of sp³-hybridized carbons (Fsp3) is 0.500. The van der Waals surface area contributed by atoms with Crippen LogP contribution >= 0.6 is 0 Å². The quantitative estimate of drug-likeness (QED) is 0.480. The van der Waals surface area contributed by atoms with Gasteiger partial charge in [-0.15, -0.1) is 0 Å². The normalized spacial score (nSPS) is 25.8. The third-order valence-corrected chi connectivity index (χ3v) is 3.07. The van der Waals surface area contributed by atoms with Crippen molar-refractivity contribution < 1.29 is 10.2 Å². The highest BCUT2D eigenvalue weighted by Gasteiger charge is 2.24. The second-order valence-corrected chi connectivity index (χ2v) is 4.50. The molecule has 0 saturated carbocycles. The second kappa shape index (κ2) is 4.91. The van der Waals surface area contributed by atoms with Crippen molar-refractivity contribution in [2.24, 2.45) is 0 Å². The van der Waals surface area contributed by atoms with Gasteiger partial charge in [-0.2, -0.15) is 0 Å². The van der Waals surface area contributed by atoms with E-state index < -0.39 is 6.10 Å². The summed E-state index contributed by atoms with van der Waals surface area (Å²) in [5.74, 6) is 0. The first-order valence-corrected chi connectivity index (χ1v) is 5.80. The van der Waals surface area contributed by atoms with Gasteiger partial charge in [0.1, 0.15) is 0 Å². The van der Waals surface area contributed by atoms with Crippen LogP contribution < -0.4 is 16.4 Å². The van der Waals surface area contributed by atoms with Gasteiger partial charge in [0.15, 0.2) is 0 Å². The van der Waals surface area contributed by atoms with Crippen molar-refractivity contribution in [3.05, 3.63) is 23.8 Å². The smallest absolute Gasteiger partial charge is 0.0877 e. The molecule has 0 spiro atoms. The number of nitrogen functional groups attached to an aromatic ring is 1. The van der Waals surface area contributed by atoms with Crippen LogP contribution in [-0.2, 0) is 0 Å². The second-order valence-electron chi connectivity index (χ2n) is 4.50. The Bertz CT molecular complexity index is 395. The van der Waals surface area contributed by atoms with Gasteiger partial charge in [-0.1, -0.05) is 0 Å². The molecule has 0 amide bonds. The van der Waals surface area contributed by atoms with Crippen LogP contribution in [0.3, 0.4) is 0 Å². The monoisotopic (exact) mass is 237 g/mol.